The van der Waals surface area contributed by atoms with Crippen molar-refractivity contribution in [1.29, 1.82) is 0 Å². The number of hydrogen-bond acceptors (Lipinski definition) is 4. The topological polar surface area (TPSA) is 9.72 Å². The van der Waals surface area contributed by atoms with Crippen molar-refractivity contribution < 1.29 is 0 Å². The molecule has 57 heavy (non-hydrogen) atoms. The summed E-state index contributed by atoms with van der Waals surface area (Å²) < 4.78 is 2.81. The van der Waals surface area contributed by atoms with E-state index in [2.05, 4.69) is 196 Å². The first kappa shape index (κ1) is 34.7. The van der Waals surface area contributed by atoms with Gasteiger partial charge in [-0.3, -0.25) is 0 Å². The van der Waals surface area contributed by atoms with Gasteiger partial charge in [0.15, 0.2) is 0 Å². The van der Waals surface area contributed by atoms with E-state index >= 15 is 0 Å². The molecule has 5 heteroatoms. The van der Waals surface area contributed by atoms with Gasteiger partial charge in [-0.1, -0.05) is 114 Å². The highest BCUT2D eigenvalue weighted by Crippen LogP contribution is 2.55. The van der Waals surface area contributed by atoms with Crippen LogP contribution in [0.4, 0.5) is 39.8 Å². The van der Waals surface area contributed by atoms with Crippen LogP contribution in [0.1, 0.15) is 70.6 Å². The van der Waals surface area contributed by atoms with Gasteiger partial charge in [-0.2, -0.15) is 0 Å². The van der Waals surface area contributed by atoms with Crippen LogP contribution in [0.3, 0.4) is 0 Å². The molecule has 6 aromatic rings. The first-order chi connectivity index (χ1) is 27.6. The van der Waals surface area contributed by atoms with Crippen molar-refractivity contribution in [3.63, 3.8) is 0 Å². The summed E-state index contributed by atoms with van der Waals surface area (Å²) in [6, 6.07) is 39.4. The summed E-state index contributed by atoms with van der Waals surface area (Å²) in [6.45, 7) is 14.3. The molecule has 5 aliphatic rings. The Balaban J connectivity index is 1.21. The molecule has 280 valence electrons. The Kier molecular flexibility index (Phi) is 7.61. The Morgan fingerprint density at radius 3 is 2.32 bits per heavy atom. The van der Waals surface area contributed by atoms with Crippen molar-refractivity contribution in [1.82, 2.24) is 0 Å². The molecule has 3 aliphatic heterocycles. The number of allylic oxidation sites excluding steroid dienone is 7. The van der Waals surface area contributed by atoms with Crippen LogP contribution in [0, 0.1) is 18.3 Å². The number of anilines is 7. The quantitative estimate of drug-likeness (QED) is 0.166. The highest BCUT2D eigenvalue weighted by Gasteiger charge is 2.48. The average Bonchev–Trinajstić information content (AvgIpc) is 3.57. The third-order valence-corrected chi connectivity index (χ3v) is 14.5. The number of hydrogen-bond donors (Lipinski definition) is 0. The standard InChI is InChI=1S/C52H48BN3S/c1-33-30-44-48-45(31-33)56-42-22-14-13-20-39(42)52(5,6)40-21-15-23-46-47(40)49(56)50(57-46)53(48)41-29-28-38(54(35-16-9-7-10-17-35)36-18-11-8-12-19-36)32-43(41)55(44)37-26-24-34(25-27-37)51(2,3)4/h7-11,13-18,20-24,26-32,34H,12,19,25H2,1-6H3. The predicted octanol–water partition coefficient (Wildman–Crippen LogP) is 12.5. The largest absolute Gasteiger partial charge is 0.314 e. The van der Waals surface area contributed by atoms with Gasteiger partial charge in [-0.25, -0.2) is 0 Å². The molecule has 0 fully saturated rings. The molecule has 0 spiro atoms. The second-order valence-corrected chi connectivity index (χ2v) is 19.3. The molecule has 1 atom stereocenters. The van der Waals surface area contributed by atoms with Gasteiger partial charge in [0.05, 0.1) is 11.4 Å². The molecule has 0 bridgehead atoms. The second-order valence-electron chi connectivity index (χ2n) is 18.2. The molecule has 0 amide bonds. The van der Waals surface area contributed by atoms with Gasteiger partial charge in [0, 0.05) is 60.1 Å². The Hall–Kier alpha value is -5.52. The third-order valence-electron chi connectivity index (χ3n) is 13.3. The zero-order valence-electron chi connectivity index (χ0n) is 33.8. The van der Waals surface area contributed by atoms with Crippen molar-refractivity contribution >= 4 is 83.6 Å². The lowest BCUT2D eigenvalue weighted by Crippen LogP contribution is -2.61. The van der Waals surface area contributed by atoms with E-state index in [4.69, 9.17) is 0 Å². The monoisotopic (exact) mass is 757 g/mol. The third kappa shape index (κ3) is 5.10. The van der Waals surface area contributed by atoms with Crippen LogP contribution in [-0.4, -0.2) is 6.71 Å². The number of aryl methyl sites for hydroxylation is 1. The van der Waals surface area contributed by atoms with E-state index in [-0.39, 0.29) is 17.5 Å². The molecule has 0 N–H and O–H groups in total. The lowest BCUT2D eigenvalue weighted by molar-refractivity contribution is 0.293. The molecule has 0 saturated carbocycles. The predicted molar refractivity (Wildman–Crippen MR) is 246 cm³/mol. The van der Waals surface area contributed by atoms with E-state index in [1.54, 1.807) is 0 Å². The van der Waals surface area contributed by atoms with E-state index in [0.29, 0.717) is 5.92 Å². The van der Waals surface area contributed by atoms with Crippen molar-refractivity contribution in [2.45, 2.75) is 66.2 Å². The maximum Gasteiger partial charge on any atom is 0.264 e. The smallest absolute Gasteiger partial charge is 0.264 e. The lowest BCUT2D eigenvalue weighted by Gasteiger charge is -2.44. The zero-order chi connectivity index (χ0) is 38.8. The average molecular weight is 758 g/mol. The molecule has 3 nitrogen and oxygen atoms in total. The lowest BCUT2D eigenvalue weighted by atomic mass is 9.36. The van der Waals surface area contributed by atoms with E-state index in [1.807, 2.05) is 11.3 Å². The number of fused-ring (bicyclic) bond motifs is 6. The van der Waals surface area contributed by atoms with Crippen LogP contribution >= 0.6 is 11.3 Å². The molecule has 1 aromatic heterocycles. The normalized spacial score (nSPS) is 18.4. The fraction of sp³-hybridized carbons (Fsp3) is 0.231. The first-order valence-corrected chi connectivity index (χ1v) is 21.5. The van der Waals surface area contributed by atoms with Gasteiger partial charge in [0.2, 0.25) is 0 Å². The van der Waals surface area contributed by atoms with Crippen molar-refractivity contribution in [2.75, 3.05) is 14.7 Å². The highest BCUT2D eigenvalue weighted by atomic mass is 32.1. The second kappa shape index (κ2) is 12.5. The Morgan fingerprint density at radius 2 is 1.56 bits per heavy atom. The molecule has 4 heterocycles. The number of nitrogens with zero attached hydrogens (tertiary/aromatic N) is 3. The molecule has 0 radical (unpaired) electrons. The summed E-state index contributed by atoms with van der Waals surface area (Å²) in [4.78, 5) is 7.76. The van der Waals surface area contributed by atoms with Gasteiger partial charge in [-0.05, 0) is 126 Å². The minimum Gasteiger partial charge on any atom is -0.314 e. The van der Waals surface area contributed by atoms with Gasteiger partial charge >= 0.3 is 0 Å². The molecule has 1 unspecified atom stereocenters. The van der Waals surface area contributed by atoms with Crippen LogP contribution in [0.2, 0.25) is 0 Å². The Morgan fingerprint density at radius 1 is 0.789 bits per heavy atom. The molecular weight excluding hydrogens is 709 g/mol. The number of thiophene rings is 1. The van der Waals surface area contributed by atoms with Crippen LogP contribution in [0.15, 0.2) is 151 Å². The highest BCUT2D eigenvalue weighted by molar-refractivity contribution is 7.33. The number of benzene rings is 5. The van der Waals surface area contributed by atoms with E-state index < -0.39 is 0 Å². The Bertz CT molecular complexity index is 2780. The van der Waals surface area contributed by atoms with Gasteiger partial charge < -0.3 is 14.7 Å². The molecular formula is C52H48BN3S. The molecule has 5 aromatic carbocycles. The number of para-hydroxylation sites is 2. The summed E-state index contributed by atoms with van der Waals surface area (Å²) in [5.41, 5.74) is 18.3. The summed E-state index contributed by atoms with van der Waals surface area (Å²) in [5, 5.41) is 1.41. The fourth-order valence-electron chi connectivity index (χ4n) is 10.4. The maximum atomic E-state index is 2.66. The zero-order valence-corrected chi connectivity index (χ0v) is 34.6. The van der Waals surface area contributed by atoms with Crippen molar-refractivity contribution in [3.05, 3.63) is 168 Å². The summed E-state index contributed by atoms with van der Waals surface area (Å²) in [5.74, 6) is 0.489. The SMILES string of the molecule is Cc1cc2c3c(c1)N1c4ccccc4C(C)(C)c4cccc5sc(c1c45)B3c1ccc(N(C3=CC=CCC3)c3ccccc3)cc1N2C1=CCC(C(C)(C)C)C=C1. The van der Waals surface area contributed by atoms with Gasteiger partial charge in [-0.15, -0.1) is 11.3 Å². The van der Waals surface area contributed by atoms with E-state index in [9.17, 15) is 0 Å². The van der Waals surface area contributed by atoms with Crippen LogP contribution < -0.4 is 30.4 Å². The maximum absolute atomic E-state index is 2.66. The minimum absolute atomic E-state index is 0.0956. The van der Waals surface area contributed by atoms with Gasteiger partial charge in [0.25, 0.3) is 6.71 Å². The van der Waals surface area contributed by atoms with E-state index in [1.165, 1.54) is 93.7 Å². The Labute approximate surface area is 342 Å². The van der Waals surface area contributed by atoms with Crippen molar-refractivity contribution in [3.8, 4) is 0 Å². The van der Waals surface area contributed by atoms with E-state index in [0.717, 1.165) is 19.3 Å². The minimum atomic E-state index is -0.172. The fourth-order valence-corrected chi connectivity index (χ4v) is 11.8. The summed E-state index contributed by atoms with van der Waals surface area (Å²) in [6.07, 6.45) is 17.3. The van der Waals surface area contributed by atoms with Crippen molar-refractivity contribution in [2.24, 2.45) is 11.3 Å². The molecule has 0 saturated heterocycles. The van der Waals surface area contributed by atoms with Crippen LogP contribution in [0.5, 0.6) is 0 Å². The molecule has 2 aliphatic carbocycles. The van der Waals surface area contributed by atoms with Gasteiger partial charge in [0.1, 0.15) is 0 Å². The van der Waals surface area contributed by atoms with Crippen LogP contribution in [0.25, 0.3) is 10.1 Å². The molecule has 11 rings (SSSR count). The summed E-state index contributed by atoms with van der Waals surface area (Å²) in [7, 11) is 0. The number of rotatable bonds is 4. The first-order valence-electron chi connectivity index (χ1n) is 20.7. The van der Waals surface area contributed by atoms with Crippen LogP contribution in [-0.2, 0) is 5.41 Å². The summed E-state index contributed by atoms with van der Waals surface area (Å²) >= 11 is 2.00.